The molecule has 0 radical (unpaired) electrons. The van der Waals surface area contributed by atoms with Gasteiger partial charge < -0.3 is 9.84 Å². The van der Waals surface area contributed by atoms with E-state index in [4.69, 9.17) is 9.62 Å². The molecule has 0 bridgehead atoms. The highest BCUT2D eigenvalue weighted by atomic mass is 17.2. The third kappa shape index (κ3) is 4.52. The van der Waals surface area contributed by atoms with Crippen molar-refractivity contribution in [2.24, 2.45) is 5.92 Å². The van der Waals surface area contributed by atoms with Crippen molar-refractivity contribution in [3.8, 4) is 11.5 Å². The average Bonchev–Trinajstić information content (AvgIpc) is 2.58. The van der Waals surface area contributed by atoms with Crippen LogP contribution in [0.25, 0.3) is 0 Å². The Hall–Kier alpha value is -2.01. The Kier molecular flexibility index (Phi) is 7.16. The van der Waals surface area contributed by atoms with E-state index in [2.05, 4.69) is 38.7 Å². The Morgan fingerprint density at radius 3 is 2.57 bits per heavy atom. The van der Waals surface area contributed by atoms with Crippen molar-refractivity contribution >= 4 is 5.97 Å². The number of allylic oxidation sites excluding steroid dienone is 2. The zero-order chi connectivity index (χ0) is 21.1. The van der Waals surface area contributed by atoms with Gasteiger partial charge in [-0.1, -0.05) is 38.3 Å². The maximum atomic E-state index is 12.6. The highest BCUT2D eigenvalue weighted by Gasteiger charge is 2.43. The lowest BCUT2D eigenvalue weighted by Crippen LogP contribution is -2.42. The van der Waals surface area contributed by atoms with Gasteiger partial charge in [0, 0.05) is 17.4 Å². The average molecular weight is 391 g/mol. The highest BCUT2D eigenvalue weighted by Crippen LogP contribution is 2.51. The first kappa shape index (κ1) is 22.3. The van der Waals surface area contributed by atoms with E-state index in [1.165, 1.54) is 7.11 Å². The number of rotatable bonds is 7. The third-order valence-corrected chi connectivity index (χ3v) is 5.65. The predicted molar refractivity (Wildman–Crippen MR) is 110 cm³/mol. The molecule has 2 atom stereocenters. The molecule has 1 aromatic carbocycles. The standard InChI is InChI=1S/C23H34O5/c1-8-9-10-11-16-13-18-20(21(24)19(16)22(25)28-26-7)17(12-14(2)3)15(4)23(5,6)27-18/h12-13,15,17,24H,8-11H2,1-7H3. The van der Waals surface area contributed by atoms with Crippen molar-refractivity contribution in [3.63, 3.8) is 0 Å². The number of aromatic hydroxyl groups is 1. The number of hydrogen-bond acceptors (Lipinski definition) is 5. The van der Waals surface area contributed by atoms with Gasteiger partial charge in [0.05, 0.1) is 7.11 Å². The Morgan fingerprint density at radius 1 is 1.32 bits per heavy atom. The van der Waals surface area contributed by atoms with Crippen LogP contribution in [0, 0.1) is 5.92 Å². The van der Waals surface area contributed by atoms with Crippen molar-refractivity contribution < 1.29 is 24.4 Å². The zero-order valence-corrected chi connectivity index (χ0v) is 18.2. The van der Waals surface area contributed by atoms with E-state index < -0.39 is 11.6 Å². The SMILES string of the molecule is CCCCCc1cc2c(c(O)c1C(=O)OOC)C(C=C(C)C)C(C)C(C)(C)O2. The molecule has 5 nitrogen and oxygen atoms in total. The highest BCUT2D eigenvalue weighted by molar-refractivity contribution is 5.95. The van der Waals surface area contributed by atoms with E-state index in [-0.39, 0.29) is 23.1 Å². The Bertz CT molecular complexity index is 744. The van der Waals surface area contributed by atoms with Crippen molar-refractivity contribution in [2.75, 3.05) is 7.11 Å². The van der Waals surface area contributed by atoms with Crippen LogP contribution in [0.5, 0.6) is 11.5 Å². The van der Waals surface area contributed by atoms with E-state index in [1.807, 2.05) is 19.9 Å². The molecular formula is C23H34O5. The molecule has 156 valence electrons. The molecule has 1 aliphatic rings. The van der Waals surface area contributed by atoms with Crippen molar-refractivity contribution in [1.29, 1.82) is 0 Å². The minimum atomic E-state index is -0.678. The maximum absolute atomic E-state index is 12.6. The number of phenols is 1. The van der Waals surface area contributed by atoms with Crippen LogP contribution in [0.1, 0.15) is 88.2 Å². The normalized spacial score (nSPS) is 20.1. The monoisotopic (exact) mass is 390 g/mol. The van der Waals surface area contributed by atoms with E-state index >= 15 is 0 Å². The predicted octanol–water partition coefficient (Wildman–Crippen LogP) is 5.70. The van der Waals surface area contributed by atoms with Gasteiger partial charge in [-0.3, -0.25) is 4.89 Å². The summed E-state index contributed by atoms with van der Waals surface area (Å²) in [5.41, 5.74) is 2.31. The maximum Gasteiger partial charge on any atom is 0.377 e. The quantitative estimate of drug-likeness (QED) is 0.280. The van der Waals surface area contributed by atoms with Gasteiger partial charge in [0.15, 0.2) is 0 Å². The van der Waals surface area contributed by atoms with Crippen LogP contribution in [0.4, 0.5) is 0 Å². The smallest absolute Gasteiger partial charge is 0.377 e. The Balaban J connectivity index is 2.69. The number of ether oxygens (including phenoxy) is 1. The van der Waals surface area contributed by atoms with E-state index in [1.54, 1.807) is 0 Å². The zero-order valence-electron chi connectivity index (χ0n) is 18.2. The second-order valence-electron chi connectivity index (χ2n) is 8.43. The molecule has 28 heavy (non-hydrogen) atoms. The van der Waals surface area contributed by atoms with Gasteiger partial charge >= 0.3 is 5.97 Å². The summed E-state index contributed by atoms with van der Waals surface area (Å²) in [4.78, 5) is 21.9. The fourth-order valence-corrected chi connectivity index (χ4v) is 3.87. The molecule has 0 aromatic heterocycles. The van der Waals surface area contributed by atoms with Gasteiger partial charge in [-0.15, -0.1) is 0 Å². The summed E-state index contributed by atoms with van der Waals surface area (Å²) in [7, 11) is 1.28. The molecule has 1 aromatic rings. The van der Waals surface area contributed by atoms with Gasteiger partial charge in [-0.05, 0) is 52.2 Å². The molecule has 0 amide bonds. The van der Waals surface area contributed by atoms with Gasteiger partial charge in [0.2, 0.25) is 0 Å². The number of hydrogen-bond donors (Lipinski definition) is 1. The number of phenolic OH excluding ortho intramolecular Hbond substituents is 1. The molecule has 0 spiro atoms. The van der Waals surface area contributed by atoms with Crippen molar-refractivity contribution in [1.82, 2.24) is 0 Å². The summed E-state index contributed by atoms with van der Waals surface area (Å²) in [6.45, 7) is 12.4. The van der Waals surface area contributed by atoms with Gasteiger partial charge in [-0.2, -0.15) is 4.89 Å². The van der Waals surface area contributed by atoms with Crippen LogP contribution >= 0.6 is 0 Å². The molecule has 0 saturated heterocycles. The van der Waals surface area contributed by atoms with Crippen LogP contribution in [0.3, 0.4) is 0 Å². The molecular weight excluding hydrogens is 356 g/mol. The first-order valence-corrected chi connectivity index (χ1v) is 10.1. The fraction of sp³-hybridized carbons (Fsp3) is 0.609. The molecule has 5 heteroatoms. The minimum absolute atomic E-state index is 0.0594. The van der Waals surface area contributed by atoms with E-state index in [0.29, 0.717) is 17.7 Å². The Morgan fingerprint density at radius 2 is 2.00 bits per heavy atom. The number of benzene rings is 1. The van der Waals surface area contributed by atoms with Crippen LogP contribution in [-0.4, -0.2) is 23.8 Å². The van der Waals surface area contributed by atoms with Gasteiger partial charge in [-0.25, -0.2) is 4.79 Å². The van der Waals surface area contributed by atoms with Crippen LogP contribution < -0.4 is 4.74 Å². The lowest BCUT2D eigenvalue weighted by Gasteiger charge is -2.43. The lowest BCUT2D eigenvalue weighted by molar-refractivity contribution is -0.216. The topological polar surface area (TPSA) is 65.0 Å². The van der Waals surface area contributed by atoms with Crippen LogP contribution in [0.2, 0.25) is 0 Å². The summed E-state index contributed by atoms with van der Waals surface area (Å²) in [5.74, 6) is -0.0530. The van der Waals surface area contributed by atoms with E-state index in [0.717, 1.165) is 30.4 Å². The summed E-state index contributed by atoms with van der Waals surface area (Å²) in [5, 5.41) is 11.2. The van der Waals surface area contributed by atoms with Crippen molar-refractivity contribution in [3.05, 3.63) is 34.4 Å². The fourth-order valence-electron chi connectivity index (χ4n) is 3.87. The first-order valence-electron chi connectivity index (χ1n) is 10.1. The summed E-state index contributed by atoms with van der Waals surface area (Å²) in [6, 6.07) is 1.90. The van der Waals surface area contributed by atoms with Crippen molar-refractivity contribution in [2.45, 2.75) is 78.7 Å². The molecule has 1 N–H and O–H groups in total. The lowest BCUT2D eigenvalue weighted by atomic mass is 9.73. The number of carbonyl (C=O) groups excluding carboxylic acids is 1. The number of unbranched alkanes of at least 4 members (excludes halogenated alkanes) is 2. The van der Waals surface area contributed by atoms with Crippen LogP contribution in [0.15, 0.2) is 17.7 Å². The molecule has 0 aliphatic carbocycles. The molecule has 2 unspecified atom stereocenters. The number of aryl methyl sites for hydroxylation is 1. The summed E-state index contributed by atoms with van der Waals surface area (Å²) >= 11 is 0. The summed E-state index contributed by atoms with van der Waals surface area (Å²) in [6.07, 6.45) is 5.82. The van der Waals surface area contributed by atoms with E-state index in [9.17, 15) is 9.90 Å². The first-order chi connectivity index (χ1) is 13.1. The largest absolute Gasteiger partial charge is 0.507 e. The van der Waals surface area contributed by atoms with Crippen LogP contribution in [-0.2, 0) is 16.2 Å². The minimum Gasteiger partial charge on any atom is -0.507 e. The summed E-state index contributed by atoms with van der Waals surface area (Å²) < 4.78 is 6.29. The second kappa shape index (κ2) is 8.99. The second-order valence-corrected chi connectivity index (χ2v) is 8.43. The molecule has 1 heterocycles. The number of fused-ring (bicyclic) bond motifs is 1. The van der Waals surface area contributed by atoms with Gasteiger partial charge in [0.1, 0.15) is 22.7 Å². The third-order valence-electron chi connectivity index (χ3n) is 5.65. The molecule has 0 fully saturated rings. The Labute approximate surface area is 168 Å². The molecule has 0 saturated carbocycles. The van der Waals surface area contributed by atoms with Gasteiger partial charge in [0.25, 0.3) is 0 Å². The molecule has 1 aliphatic heterocycles. The molecule has 2 rings (SSSR count). The number of carbonyl (C=O) groups is 1.